The molecule has 0 atom stereocenters. The predicted molar refractivity (Wildman–Crippen MR) is 61.4 cm³/mol. The summed E-state index contributed by atoms with van der Waals surface area (Å²) < 4.78 is 1.81. The highest BCUT2D eigenvalue weighted by atomic mass is 35.5. The van der Waals surface area contributed by atoms with Crippen LogP contribution in [0.3, 0.4) is 0 Å². The highest BCUT2D eigenvalue weighted by Gasteiger charge is 2.10. The monoisotopic (exact) mass is 257 g/mol. The molecule has 84 valence electrons. The highest BCUT2D eigenvalue weighted by molar-refractivity contribution is 6.31. The lowest BCUT2D eigenvalue weighted by Gasteiger charge is -2.04. The van der Waals surface area contributed by atoms with Gasteiger partial charge in [-0.15, -0.1) is 0 Å². The zero-order chi connectivity index (χ0) is 11.5. The van der Waals surface area contributed by atoms with E-state index in [0.717, 1.165) is 18.7 Å². The van der Waals surface area contributed by atoms with E-state index in [1.807, 2.05) is 10.7 Å². The standard InChI is InChI=1S/C9H9Cl2N5/c1-2-5-16-6(3-4-12-16)7-13-8(10)15-9(11)14-7/h3-4H,2,5H2,1H3. The number of halogens is 2. The van der Waals surface area contributed by atoms with Crippen molar-refractivity contribution in [1.82, 2.24) is 24.7 Å². The molecule has 0 unspecified atom stereocenters. The van der Waals surface area contributed by atoms with Crippen molar-refractivity contribution in [2.45, 2.75) is 19.9 Å². The fourth-order valence-electron chi connectivity index (χ4n) is 1.35. The number of aryl methyl sites for hydroxylation is 1. The molecule has 0 saturated heterocycles. The van der Waals surface area contributed by atoms with Gasteiger partial charge in [-0.2, -0.15) is 20.1 Å². The molecule has 7 heteroatoms. The first-order valence-electron chi connectivity index (χ1n) is 4.80. The van der Waals surface area contributed by atoms with Crippen molar-refractivity contribution in [2.24, 2.45) is 0 Å². The van der Waals surface area contributed by atoms with Gasteiger partial charge >= 0.3 is 0 Å². The molecule has 0 aromatic carbocycles. The maximum atomic E-state index is 5.72. The molecule has 0 amide bonds. The summed E-state index contributed by atoms with van der Waals surface area (Å²) in [7, 11) is 0. The minimum absolute atomic E-state index is 0.0826. The summed E-state index contributed by atoms with van der Waals surface area (Å²) in [5.41, 5.74) is 0.785. The zero-order valence-electron chi connectivity index (χ0n) is 8.56. The van der Waals surface area contributed by atoms with Gasteiger partial charge in [-0.25, -0.2) is 0 Å². The molecule has 0 radical (unpaired) electrons. The Hall–Kier alpha value is -1.20. The molecule has 0 aliphatic carbocycles. The lowest BCUT2D eigenvalue weighted by Crippen LogP contribution is -2.04. The van der Waals surface area contributed by atoms with Gasteiger partial charge in [0.05, 0.1) is 0 Å². The van der Waals surface area contributed by atoms with Crippen LogP contribution in [-0.2, 0) is 6.54 Å². The molecule has 0 bridgehead atoms. The normalized spacial score (nSPS) is 10.7. The second kappa shape index (κ2) is 4.76. The maximum Gasteiger partial charge on any atom is 0.227 e. The maximum absolute atomic E-state index is 5.72. The first kappa shape index (κ1) is 11.3. The van der Waals surface area contributed by atoms with E-state index >= 15 is 0 Å². The van der Waals surface area contributed by atoms with Crippen molar-refractivity contribution in [3.8, 4) is 11.5 Å². The third kappa shape index (κ3) is 2.31. The summed E-state index contributed by atoms with van der Waals surface area (Å²) >= 11 is 11.4. The lowest BCUT2D eigenvalue weighted by molar-refractivity contribution is 0.606. The summed E-state index contributed by atoms with van der Waals surface area (Å²) in [6.07, 6.45) is 2.66. The molecule has 0 fully saturated rings. The van der Waals surface area contributed by atoms with Crippen LogP contribution in [0.4, 0.5) is 0 Å². The number of aromatic nitrogens is 5. The Morgan fingerprint density at radius 3 is 2.50 bits per heavy atom. The molecule has 0 aliphatic heterocycles. The van der Waals surface area contributed by atoms with Crippen LogP contribution >= 0.6 is 23.2 Å². The zero-order valence-corrected chi connectivity index (χ0v) is 10.1. The highest BCUT2D eigenvalue weighted by Crippen LogP contribution is 2.17. The third-order valence-electron chi connectivity index (χ3n) is 1.96. The van der Waals surface area contributed by atoms with Crippen molar-refractivity contribution in [2.75, 3.05) is 0 Å². The Bertz CT molecular complexity index is 476. The van der Waals surface area contributed by atoms with E-state index in [1.165, 1.54) is 0 Å². The van der Waals surface area contributed by atoms with E-state index in [4.69, 9.17) is 23.2 Å². The fourth-order valence-corrected chi connectivity index (χ4v) is 1.72. The van der Waals surface area contributed by atoms with E-state index in [0.29, 0.717) is 5.82 Å². The largest absolute Gasteiger partial charge is 0.262 e. The van der Waals surface area contributed by atoms with Crippen LogP contribution in [0.15, 0.2) is 12.3 Å². The van der Waals surface area contributed by atoms with Gasteiger partial charge in [0.15, 0.2) is 5.82 Å². The van der Waals surface area contributed by atoms with Crippen molar-refractivity contribution >= 4 is 23.2 Å². The molecule has 0 N–H and O–H groups in total. The third-order valence-corrected chi connectivity index (χ3v) is 2.30. The van der Waals surface area contributed by atoms with Gasteiger partial charge < -0.3 is 0 Å². The van der Waals surface area contributed by atoms with Crippen molar-refractivity contribution in [3.63, 3.8) is 0 Å². The minimum Gasteiger partial charge on any atom is -0.262 e. The number of nitrogens with zero attached hydrogens (tertiary/aromatic N) is 5. The summed E-state index contributed by atoms with van der Waals surface area (Å²) in [4.78, 5) is 11.7. The molecular formula is C9H9Cl2N5. The predicted octanol–water partition coefficient (Wildman–Crippen LogP) is 2.45. The quantitative estimate of drug-likeness (QED) is 0.848. The second-order valence-electron chi connectivity index (χ2n) is 3.14. The topological polar surface area (TPSA) is 56.5 Å². The van der Waals surface area contributed by atoms with Crippen LogP contribution in [0.2, 0.25) is 10.6 Å². The van der Waals surface area contributed by atoms with Gasteiger partial charge in [-0.05, 0) is 35.7 Å². The van der Waals surface area contributed by atoms with Gasteiger partial charge in [0.1, 0.15) is 5.69 Å². The van der Waals surface area contributed by atoms with Crippen molar-refractivity contribution in [1.29, 1.82) is 0 Å². The Balaban J connectivity index is 2.45. The van der Waals surface area contributed by atoms with Gasteiger partial charge in [0.2, 0.25) is 10.6 Å². The molecule has 5 nitrogen and oxygen atoms in total. The first-order valence-corrected chi connectivity index (χ1v) is 5.55. The van der Waals surface area contributed by atoms with E-state index < -0.39 is 0 Å². The van der Waals surface area contributed by atoms with Crippen LogP contribution in [0.5, 0.6) is 0 Å². The molecule has 0 saturated carbocycles. The molecular weight excluding hydrogens is 249 g/mol. The van der Waals surface area contributed by atoms with E-state index in [-0.39, 0.29) is 10.6 Å². The Kier molecular flexibility index (Phi) is 3.36. The molecule has 2 aromatic rings. The van der Waals surface area contributed by atoms with Crippen LogP contribution < -0.4 is 0 Å². The van der Waals surface area contributed by atoms with E-state index in [1.54, 1.807) is 6.20 Å². The summed E-state index contributed by atoms with van der Waals surface area (Å²) in [6, 6.07) is 1.82. The summed E-state index contributed by atoms with van der Waals surface area (Å²) in [6.45, 7) is 2.86. The average molecular weight is 258 g/mol. The molecule has 16 heavy (non-hydrogen) atoms. The minimum atomic E-state index is 0.0826. The molecule has 2 heterocycles. The number of hydrogen-bond donors (Lipinski definition) is 0. The van der Waals surface area contributed by atoms with Gasteiger partial charge in [0.25, 0.3) is 0 Å². The number of rotatable bonds is 3. The smallest absolute Gasteiger partial charge is 0.227 e. The molecule has 2 rings (SSSR count). The van der Waals surface area contributed by atoms with Crippen LogP contribution in [-0.4, -0.2) is 24.7 Å². The van der Waals surface area contributed by atoms with Gasteiger partial charge in [-0.3, -0.25) is 4.68 Å². The fraction of sp³-hybridized carbons (Fsp3) is 0.333. The molecule has 0 aliphatic rings. The van der Waals surface area contributed by atoms with E-state index in [9.17, 15) is 0 Å². The first-order chi connectivity index (χ1) is 7.70. The summed E-state index contributed by atoms with van der Waals surface area (Å²) in [5, 5.41) is 4.34. The number of hydrogen-bond acceptors (Lipinski definition) is 4. The van der Waals surface area contributed by atoms with Gasteiger partial charge in [0, 0.05) is 12.7 Å². The van der Waals surface area contributed by atoms with Crippen LogP contribution in [0, 0.1) is 0 Å². The van der Waals surface area contributed by atoms with Crippen LogP contribution in [0.25, 0.3) is 11.5 Å². The summed E-state index contributed by atoms with van der Waals surface area (Å²) in [5.74, 6) is 0.441. The Morgan fingerprint density at radius 1 is 1.19 bits per heavy atom. The van der Waals surface area contributed by atoms with Crippen molar-refractivity contribution in [3.05, 3.63) is 22.8 Å². The second-order valence-corrected chi connectivity index (χ2v) is 3.81. The Morgan fingerprint density at radius 2 is 1.88 bits per heavy atom. The lowest BCUT2D eigenvalue weighted by atomic mass is 10.4. The van der Waals surface area contributed by atoms with Gasteiger partial charge in [-0.1, -0.05) is 6.92 Å². The Labute approximate surface area is 102 Å². The molecule has 2 aromatic heterocycles. The van der Waals surface area contributed by atoms with Crippen LogP contribution in [0.1, 0.15) is 13.3 Å². The SMILES string of the molecule is CCCn1nccc1-c1nc(Cl)nc(Cl)n1. The average Bonchev–Trinajstić information content (AvgIpc) is 2.65. The van der Waals surface area contributed by atoms with Crippen molar-refractivity contribution < 1.29 is 0 Å². The van der Waals surface area contributed by atoms with E-state index in [2.05, 4.69) is 27.0 Å². The molecule has 0 spiro atoms.